The number of ether oxygens (including phenoxy) is 1. The van der Waals surface area contributed by atoms with Crippen LogP contribution >= 0.6 is 0 Å². The van der Waals surface area contributed by atoms with E-state index in [0.29, 0.717) is 0 Å². The van der Waals surface area contributed by atoms with Crippen LogP contribution in [0.1, 0.15) is 12.5 Å². The molecule has 0 fully saturated rings. The average molecular weight is 243 g/mol. The van der Waals surface area contributed by atoms with E-state index in [1.54, 1.807) is 6.92 Å². The van der Waals surface area contributed by atoms with Crippen molar-refractivity contribution in [3.63, 3.8) is 0 Å². The van der Waals surface area contributed by atoms with Crippen LogP contribution in [-0.2, 0) is 0 Å². The second-order valence-electron chi connectivity index (χ2n) is 2.98. The number of carbonyl (C=O) groups excluding carboxylic acids is 1. The van der Waals surface area contributed by atoms with Crippen LogP contribution in [0, 0.1) is 11.6 Å². The number of hydrogen-bond acceptors (Lipinski definition) is 3. The molecule has 7 heteroatoms. The number of nitrogens with zero attached hydrogens (tertiary/aromatic N) is 1. The van der Waals surface area contributed by atoms with Crippen molar-refractivity contribution in [2.75, 3.05) is 6.61 Å². The molecule has 0 spiro atoms. The molecule has 0 aromatic heterocycles. The zero-order valence-electron chi connectivity index (χ0n) is 9.04. The van der Waals surface area contributed by atoms with E-state index in [9.17, 15) is 13.6 Å². The van der Waals surface area contributed by atoms with Crippen molar-refractivity contribution in [2.45, 2.75) is 6.92 Å². The number of carbonyl (C=O) groups is 1. The zero-order chi connectivity index (χ0) is 12.8. The molecule has 0 aliphatic heterocycles. The van der Waals surface area contributed by atoms with Crippen LogP contribution in [0.4, 0.5) is 13.6 Å². The summed E-state index contributed by atoms with van der Waals surface area (Å²) in [7, 11) is 0. The molecule has 1 rings (SSSR count). The predicted molar refractivity (Wildman–Crippen MR) is 57.8 cm³/mol. The van der Waals surface area contributed by atoms with Gasteiger partial charge in [0.05, 0.1) is 12.8 Å². The first kappa shape index (κ1) is 12.9. The Balaban J connectivity index is 2.90. The van der Waals surface area contributed by atoms with E-state index < -0.39 is 23.4 Å². The van der Waals surface area contributed by atoms with E-state index >= 15 is 0 Å². The van der Waals surface area contributed by atoms with Crippen LogP contribution in [0.2, 0.25) is 0 Å². The van der Waals surface area contributed by atoms with Gasteiger partial charge in [-0.3, -0.25) is 0 Å². The van der Waals surface area contributed by atoms with E-state index in [4.69, 9.17) is 10.5 Å². The van der Waals surface area contributed by atoms with Crippen molar-refractivity contribution < 1.29 is 18.3 Å². The quantitative estimate of drug-likeness (QED) is 0.618. The summed E-state index contributed by atoms with van der Waals surface area (Å²) >= 11 is 0. The van der Waals surface area contributed by atoms with Gasteiger partial charge < -0.3 is 10.5 Å². The molecule has 92 valence electrons. The Bertz CT molecular complexity index is 426. The first-order chi connectivity index (χ1) is 8.04. The van der Waals surface area contributed by atoms with E-state index in [1.165, 1.54) is 0 Å². The average Bonchev–Trinajstić information content (AvgIpc) is 2.23. The monoisotopic (exact) mass is 243 g/mol. The number of nitrogens with one attached hydrogen (secondary N) is 1. The highest BCUT2D eigenvalue weighted by molar-refractivity contribution is 5.81. The maximum absolute atomic E-state index is 13.3. The standard InChI is InChI=1S/C10H11F2N3O2/c1-2-17-9-7(11)3-6(4-8(9)12)5-14-15-10(13)16/h3-5H,2H2,1H3,(H3,13,15,16). The Morgan fingerprint density at radius 1 is 1.53 bits per heavy atom. The van der Waals surface area contributed by atoms with Gasteiger partial charge in [0, 0.05) is 5.56 Å². The molecule has 1 aromatic carbocycles. The molecule has 0 saturated carbocycles. The second kappa shape index (κ2) is 5.78. The molecule has 2 amide bonds. The van der Waals surface area contributed by atoms with E-state index in [0.717, 1.165) is 18.3 Å². The van der Waals surface area contributed by atoms with E-state index in [-0.39, 0.29) is 12.2 Å². The van der Waals surface area contributed by atoms with Crippen LogP contribution in [-0.4, -0.2) is 18.9 Å². The molecule has 5 nitrogen and oxygen atoms in total. The Hall–Kier alpha value is -2.18. The van der Waals surface area contributed by atoms with Crippen LogP contribution in [0.3, 0.4) is 0 Å². The van der Waals surface area contributed by atoms with Crippen LogP contribution in [0.25, 0.3) is 0 Å². The summed E-state index contributed by atoms with van der Waals surface area (Å²) in [6, 6.07) is 1.19. The molecule has 0 radical (unpaired) electrons. The predicted octanol–water partition coefficient (Wildman–Crippen LogP) is 1.37. The summed E-state index contributed by atoms with van der Waals surface area (Å²) in [5, 5.41) is 3.38. The van der Waals surface area contributed by atoms with Crippen molar-refractivity contribution in [1.29, 1.82) is 0 Å². The van der Waals surface area contributed by atoms with E-state index in [2.05, 4.69) is 5.10 Å². The molecular weight excluding hydrogens is 232 g/mol. The van der Waals surface area contributed by atoms with Gasteiger partial charge in [-0.15, -0.1) is 0 Å². The molecule has 0 atom stereocenters. The van der Waals surface area contributed by atoms with Gasteiger partial charge in [0.15, 0.2) is 17.4 Å². The third-order valence-electron chi connectivity index (χ3n) is 1.70. The Labute approximate surface area is 96.3 Å². The highest BCUT2D eigenvalue weighted by Crippen LogP contribution is 2.22. The number of benzene rings is 1. The second-order valence-corrected chi connectivity index (χ2v) is 2.98. The fourth-order valence-electron chi connectivity index (χ4n) is 1.11. The maximum atomic E-state index is 13.3. The first-order valence-electron chi connectivity index (χ1n) is 4.75. The number of halogens is 2. The Morgan fingerprint density at radius 3 is 2.59 bits per heavy atom. The Kier molecular flexibility index (Phi) is 4.38. The van der Waals surface area contributed by atoms with Crippen molar-refractivity contribution in [3.05, 3.63) is 29.3 Å². The van der Waals surface area contributed by atoms with Gasteiger partial charge in [-0.1, -0.05) is 0 Å². The zero-order valence-corrected chi connectivity index (χ0v) is 9.04. The third kappa shape index (κ3) is 3.71. The molecule has 0 aliphatic rings. The number of amides is 2. The minimum Gasteiger partial charge on any atom is -0.488 e. The third-order valence-corrected chi connectivity index (χ3v) is 1.70. The summed E-state index contributed by atoms with van der Waals surface area (Å²) < 4.78 is 31.5. The lowest BCUT2D eigenvalue weighted by Gasteiger charge is -2.06. The highest BCUT2D eigenvalue weighted by Gasteiger charge is 2.11. The number of urea groups is 1. The fraction of sp³-hybridized carbons (Fsp3) is 0.200. The number of hydrogen-bond donors (Lipinski definition) is 2. The topological polar surface area (TPSA) is 76.7 Å². The summed E-state index contributed by atoms with van der Waals surface area (Å²) in [5.41, 5.74) is 6.79. The van der Waals surface area contributed by atoms with Gasteiger partial charge in [-0.2, -0.15) is 5.10 Å². The van der Waals surface area contributed by atoms with E-state index in [1.807, 2.05) is 5.43 Å². The van der Waals surface area contributed by atoms with Gasteiger partial charge in [-0.25, -0.2) is 19.0 Å². The summed E-state index contributed by atoms with van der Waals surface area (Å²) in [5.74, 6) is -2.12. The van der Waals surface area contributed by atoms with Crippen LogP contribution in [0.5, 0.6) is 5.75 Å². The molecule has 0 bridgehead atoms. The largest absolute Gasteiger partial charge is 0.488 e. The van der Waals surface area contributed by atoms with Gasteiger partial charge in [0.2, 0.25) is 0 Å². The highest BCUT2D eigenvalue weighted by atomic mass is 19.1. The van der Waals surface area contributed by atoms with Crippen molar-refractivity contribution in [3.8, 4) is 5.75 Å². The normalized spacial score (nSPS) is 10.5. The molecule has 1 aromatic rings. The molecule has 17 heavy (non-hydrogen) atoms. The molecule has 0 aliphatic carbocycles. The fourth-order valence-corrected chi connectivity index (χ4v) is 1.11. The summed E-state index contributed by atoms with van der Waals surface area (Å²) in [4.78, 5) is 10.3. The SMILES string of the molecule is CCOc1c(F)cc(C=NNC(N)=O)cc1F. The minimum absolute atomic E-state index is 0.136. The van der Waals surface area contributed by atoms with Crippen molar-refractivity contribution in [1.82, 2.24) is 5.43 Å². The molecular formula is C10H11F2N3O2. The molecule has 0 heterocycles. The summed E-state index contributed by atoms with van der Waals surface area (Å²) in [6.07, 6.45) is 1.06. The lowest BCUT2D eigenvalue weighted by atomic mass is 10.2. The number of nitrogens with two attached hydrogens (primary N) is 1. The molecule has 0 saturated heterocycles. The number of rotatable bonds is 4. The lowest BCUT2D eigenvalue weighted by Crippen LogP contribution is -2.24. The van der Waals surface area contributed by atoms with Crippen molar-refractivity contribution >= 4 is 12.2 Å². The minimum atomic E-state index is -0.867. The summed E-state index contributed by atoms with van der Waals surface area (Å²) in [6.45, 7) is 1.77. The lowest BCUT2D eigenvalue weighted by molar-refractivity contribution is 0.249. The van der Waals surface area contributed by atoms with Gasteiger partial charge in [0.25, 0.3) is 0 Å². The molecule has 3 N–H and O–H groups in total. The van der Waals surface area contributed by atoms with Gasteiger partial charge in [-0.05, 0) is 19.1 Å². The number of hydrazone groups is 1. The van der Waals surface area contributed by atoms with Gasteiger partial charge in [0.1, 0.15) is 0 Å². The van der Waals surface area contributed by atoms with Crippen molar-refractivity contribution in [2.24, 2.45) is 10.8 Å². The first-order valence-corrected chi connectivity index (χ1v) is 4.75. The smallest absolute Gasteiger partial charge is 0.332 e. The maximum Gasteiger partial charge on any atom is 0.332 e. The van der Waals surface area contributed by atoms with Gasteiger partial charge >= 0.3 is 6.03 Å². The van der Waals surface area contributed by atoms with Crippen LogP contribution < -0.4 is 15.9 Å². The van der Waals surface area contributed by atoms with Crippen LogP contribution in [0.15, 0.2) is 17.2 Å². The number of primary amides is 1. The molecule has 0 unspecified atom stereocenters. The Morgan fingerprint density at radius 2 is 2.12 bits per heavy atom.